The molecule has 0 unspecified atom stereocenters. The number of hydrogen-bond donors (Lipinski definition) is 0. The maximum atomic E-state index is 12.5. The Balaban J connectivity index is 1.59. The summed E-state index contributed by atoms with van der Waals surface area (Å²) in [5.74, 6) is 3.21. The van der Waals surface area contributed by atoms with Gasteiger partial charge >= 0.3 is 5.97 Å². The van der Waals surface area contributed by atoms with Gasteiger partial charge in [0, 0.05) is 12.6 Å². The van der Waals surface area contributed by atoms with E-state index in [1.807, 2.05) is 35.9 Å². The molecule has 0 aliphatic heterocycles. The first kappa shape index (κ1) is 21.7. The summed E-state index contributed by atoms with van der Waals surface area (Å²) in [4.78, 5) is 12.5. The van der Waals surface area contributed by atoms with Crippen LogP contribution >= 0.6 is 11.8 Å². The largest absolute Gasteiger partial charge is 0.497 e. The van der Waals surface area contributed by atoms with Crippen LogP contribution in [0.4, 0.5) is 0 Å². The highest BCUT2D eigenvalue weighted by molar-refractivity contribution is 7.99. The SMILES string of the molecule is COc1ccc(-c2nnc(SCC(=O)O[C@@H]3C[C@H](C)CC[C@H]3C(C)C)n2C)cc1. The number of thioether (sulfide) groups is 1. The highest BCUT2D eigenvalue weighted by atomic mass is 32.2. The molecule has 6 nitrogen and oxygen atoms in total. The van der Waals surface area contributed by atoms with Crippen LogP contribution in [-0.2, 0) is 16.6 Å². The number of methoxy groups -OCH3 is 1. The zero-order valence-electron chi connectivity index (χ0n) is 17.9. The predicted octanol–water partition coefficient (Wildman–Crippen LogP) is 4.59. The molecule has 29 heavy (non-hydrogen) atoms. The Hall–Kier alpha value is -2.02. The third-order valence-corrected chi connectivity index (χ3v) is 6.74. The number of benzene rings is 1. The zero-order valence-corrected chi connectivity index (χ0v) is 18.7. The molecular weight excluding hydrogens is 386 g/mol. The molecule has 0 bridgehead atoms. The van der Waals surface area contributed by atoms with Crippen molar-refractivity contribution >= 4 is 17.7 Å². The lowest BCUT2D eigenvalue weighted by atomic mass is 9.75. The van der Waals surface area contributed by atoms with Crippen molar-refractivity contribution in [3.05, 3.63) is 24.3 Å². The highest BCUT2D eigenvalue weighted by Gasteiger charge is 2.33. The van der Waals surface area contributed by atoms with Gasteiger partial charge in [0.05, 0.1) is 12.9 Å². The molecule has 158 valence electrons. The van der Waals surface area contributed by atoms with Crippen molar-refractivity contribution in [1.82, 2.24) is 14.8 Å². The van der Waals surface area contributed by atoms with E-state index in [4.69, 9.17) is 9.47 Å². The third kappa shape index (κ3) is 5.32. The Bertz CT molecular complexity index is 819. The molecule has 1 aliphatic rings. The predicted molar refractivity (Wildman–Crippen MR) is 115 cm³/mol. The minimum Gasteiger partial charge on any atom is -0.497 e. The van der Waals surface area contributed by atoms with Gasteiger partial charge in [-0.15, -0.1) is 10.2 Å². The van der Waals surface area contributed by atoms with Crippen molar-refractivity contribution in [2.45, 2.75) is 51.3 Å². The third-order valence-electron chi connectivity index (χ3n) is 5.75. The van der Waals surface area contributed by atoms with Gasteiger partial charge in [0.25, 0.3) is 0 Å². The number of hydrogen-bond acceptors (Lipinski definition) is 6. The zero-order chi connectivity index (χ0) is 21.0. The van der Waals surface area contributed by atoms with Crippen molar-refractivity contribution in [2.75, 3.05) is 12.9 Å². The summed E-state index contributed by atoms with van der Waals surface area (Å²) in [7, 11) is 3.55. The first-order valence-corrected chi connectivity index (χ1v) is 11.2. The number of ether oxygens (including phenoxy) is 2. The van der Waals surface area contributed by atoms with E-state index in [1.54, 1.807) is 7.11 Å². The molecule has 1 heterocycles. The summed E-state index contributed by atoms with van der Waals surface area (Å²) >= 11 is 1.37. The molecule has 1 aliphatic carbocycles. The van der Waals surface area contributed by atoms with Crippen molar-refractivity contribution < 1.29 is 14.3 Å². The van der Waals surface area contributed by atoms with E-state index >= 15 is 0 Å². The smallest absolute Gasteiger partial charge is 0.316 e. The van der Waals surface area contributed by atoms with Crippen LogP contribution in [0, 0.1) is 17.8 Å². The van der Waals surface area contributed by atoms with E-state index in [2.05, 4.69) is 31.0 Å². The van der Waals surface area contributed by atoms with E-state index in [1.165, 1.54) is 18.2 Å². The Kier molecular flexibility index (Phi) is 7.22. The number of carbonyl (C=O) groups excluding carboxylic acids is 1. The van der Waals surface area contributed by atoms with Gasteiger partial charge in [0.15, 0.2) is 11.0 Å². The number of nitrogens with zero attached hydrogens (tertiary/aromatic N) is 3. The van der Waals surface area contributed by atoms with Crippen LogP contribution in [0.5, 0.6) is 5.75 Å². The van der Waals surface area contributed by atoms with Crippen molar-refractivity contribution in [3.8, 4) is 17.1 Å². The highest BCUT2D eigenvalue weighted by Crippen LogP contribution is 2.35. The van der Waals surface area contributed by atoms with Gasteiger partial charge in [-0.1, -0.05) is 39.0 Å². The van der Waals surface area contributed by atoms with Crippen molar-refractivity contribution in [2.24, 2.45) is 24.8 Å². The second-order valence-electron chi connectivity index (χ2n) is 8.24. The van der Waals surface area contributed by atoms with Gasteiger partial charge in [0.1, 0.15) is 11.9 Å². The molecule has 1 aromatic heterocycles. The van der Waals surface area contributed by atoms with Crippen molar-refractivity contribution in [1.29, 1.82) is 0 Å². The fourth-order valence-electron chi connectivity index (χ4n) is 4.01. The molecule has 0 radical (unpaired) electrons. The lowest BCUT2D eigenvalue weighted by molar-refractivity contribution is -0.152. The molecule has 3 rings (SSSR count). The van der Waals surface area contributed by atoms with E-state index in [-0.39, 0.29) is 17.8 Å². The Morgan fingerprint density at radius 1 is 1.24 bits per heavy atom. The summed E-state index contributed by atoms with van der Waals surface area (Å²) in [6.45, 7) is 6.68. The molecule has 0 spiro atoms. The van der Waals surface area contributed by atoms with E-state index in [0.29, 0.717) is 22.9 Å². The van der Waals surface area contributed by atoms with Crippen LogP contribution in [0.2, 0.25) is 0 Å². The van der Waals surface area contributed by atoms with Gasteiger partial charge < -0.3 is 14.0 Å². The molecule has 0 amide bonds. The van der Waals surface area contributed by atoms with Gasteiger partial charge in [-0.25, -0.2) is 0 Å². The topological polar surface area (TPSA) is 66.2 Å². The monoisotopic (exact) mass is 417 g/mol. The lowest BCUT2D eigenvalue weighted by Crippen LogP contribution is -2.36. The number of rotatable bonds is 7. The first-order chi connectivity index (χ1) is 13.9. The van der Waals surface area contributed by atoms with Crippen LogP contribution in [0.15, 0.2) is 29.4 Å². The Morgan fingerprint density at radius 2 is 1.97 bits per heavy atom. The van der Waals surface area contributed by atoms with Gasteiger partial charge in [0.2, 0.25) is 0 Å². The van der Waals surface area contributed by atoms with Crippen LogP contribution in [0.1, 0.15) is 40.0 Å². The number of aromatic nitrogens is 3. The second kappa shape index (κ2) is 9.65. The average molecular weight is 418 g/mol. The lowest BCUT2D eigenvalue weighted by Gasteiger charge is -2.36. The maximum Gasteiger partial charge on any atom is 0.316 e. The standard InChI is InChI=1S/C22H31N3O3S/c1-14(2)18-11-6-15(3)12-19(18)28-20(26)13-29-22-24-23-21(25(22)4)16-7-9-17(27-5)10-8-16/h7-10,14-15,18-19H,6,11-13H2,1-5H3/t15-,18+,19-/m1/s1. The van der Waals surface area contributed by atoms with E-state index in [0.717, 1.165) is 30.0 Å². The van der Waals surface area contributed by atoms with Crippen LogP contribution in [-0.4, -0.2) is 39.7 Å². The Morgan fingerprint density at radius 3 is 2.62 bits per heavy atom. The van der Waals surface area contributed by atoms with Gasteiger partial charge in [-0.05, 0) is 54.9 Å². The van der Waals surface area contributed by atoms with Crippen LogP contribution in [0.25, 0.3) is 11.4 Å². The fraction of sp³-hybridized carbons (Fsp3) is 0.591. The molecule has 1 aromatic carbocycles. The quantitative estimate of drug-likeness (QED) is 0.485. The summed E-state index contributed by atoms with van der Waals surface area (Å²) in [6, 6.07) is 7.68. The molecule has 0 N–H and O–H groups in total. The molecule has 1 fully saturated rings. The van der Waals surface area contributed by atoms with Crippen LogP contribution < -0.4 is 4.74 Å². The Labute approximate surface area is 177 Å². The molecule has 0 saturated heterocycles. The summed E-state index contributed by atoms with van der Waals surface area (Å²) < 4.78 is 13.0. The molecule has 2 aromatic rings. The van der Waals surface area contributed by atoms with E-state index in [9.17, 15) is 4.79 Å². The fourth-order valence-corrected chi connectivity index (χ4v) is 4.70. The number of carbonyl (C=O) groups is 1. The minimum absolute atomic E-state index is 0.0289. The van der Waals surface area contributed by atoms with Crippen molar-refractivity contribution in [3.63, 3.8) is 0 Å². The number of esters is 1. The van der Waals surface area contributed by atoms with Gasteiger partial charge in [-0.2, -0.15) is 0 Å². The molecular formula is C22H31N3O3S. The summed E-state index contributed by atoms with van der Waals surface area (Å²) in [5, 5.41) is 9.22. The summed E-state index contributed by atoms with van der Waals surface area (Å²) in [6.07, 6.45) is 3.35. The van der Waals surface area contributed by atoms with Gasteiger partial charge in [-0.3, -0.25) is 4.79 Å². The average Bonchev–Trinajstić information content (AvgIpc) is 3.06. The first-order valence-electron chi connectivity index (χ1n) is 10.2. The molecule has 3 atom stereocenters. The second-order valence-corrected chi connectivity index (χ2v) is 9.18. The molecule has 1 saturated carbocycles. The molecule has 7 heteroatoms. The van der Waals surface area contributed by atoms with E-state index < -0.39 is 0 Å². The maximum absolute atomic E-state index is 12.5. The summed E-state index contributed by atoms with van der Waals surface area (Å²) in [5.41, 5.74) is 0.950. The van der Waals surface area contributed by atoms with Crippen LogP contribution in [0.3, 0.4) is 0 Å². The normalized spacial score (nSPS) is 21.9. The minimum atomic E-state index is -0.172.